The van der Waals surface area contributed by atoms with Crippen molar-refractivity contribution in [2.45, 2.75) is 38.5 Å². The highest BCUT2D eigenvalue weighted by molar-refractivity contribution is 5.85. The number of hydrogen-bond acceptors (Lipinski definition) is 3. The van der Waals surface area contributed by atoms with Crippen molar-refractivity contribution < 1.29 is 9.47 Å². The first-order chi connectivity index (χ1) is 13.2. The standard InChI is InChI=1S/C24H33NO2.ClH/c1-25-16-8-11-21(18-25)19-27-24-15-6-5-13-22(24)12-4-3-9-20-10-7-14-23(17-20)26-2;/h5-7,10,13-15,17,21H,3-4,8-9,11-12,16,18-19H2,1-2H3;1H/t21-;/m0./s1. The van der Waals surface area contributed by atoms with Gasteiger partial charge in [0.15, 0.2) is 0 Å². The van der Waals surface area contributed by atoms with Crippen molar-refractivity contribution in [1.29, 1.82) is 0 Å². The molecular formula is C24H34ClNO2. The van der Waals surface area contributed by atoms with E-state index in [9.17, 15) is 0 Å². The highest BCUT2D eigenvalue weighted by Crippen LogP contribution is 2.23. The second-order valence-electron chi connectivity index (χ2n) is 7.75. The van der Waals surface area contributed by atoms with E-state index in [1.54, 1.807) is 7.11 Å². The van der Waals surface area contributed by atoms with E-state index >= 15 is 0 Å². The van der Waals surface area contributed by atoms with Gasteiger partial charge in [0.25, 0.3) is 0 Å². The third kappa shape index (κ3) is 7.03. The monoisotopic (exact) mass is 403 g/mol. The average Bonchev–Trinajstić information content (AvgIpc) is 2.70. The molecule has 1 heterocycles. The van der Waals surface area contributed by atoms with E-state index in [2.05, 4.69) is 54.4 Å². The number of methoxy groups -OCH3 is 1. The van der Waals surface area contributed by atoms with E-state index < -0.39 is 0 Å². The van der Waals surface area contributed by atoms with Crippen molar-refractivity contribution in [3.63, 3.8) is 0 Å². The number of hydrogen-bond donors (Lipinski definition) is 0. The Morgan fingerprint density at radius 2 is 1.86 bits per heavy atom. The Balaban J connectivity index is 0.00000280. The normalized spacial score (nSPS) is 17.0. The first-order valence-electron chi connectivity index (χ1n) is 10.3. The number of para-hydroxylation sites is 1. The fraction of sp³-hybridized carbons (Fsp3) is 0.500. The number of nitrogens with zero attached hydrogens (tertiary/aromatic N) is 1. The molecule has 3 rings (SSSR count). The van der Waals surface area contributed by atoms with Gasteiger partial charge in [0.05, 0.1) is 13.7 Å². The summed E-state index contributed by atoms with van der Waals surface area (Å²) in [4.78, 5) is 2.42. The number of likely N-dealkylation sites (tertiary alicyclic amines) is 1. The van der Waals surface area contributed by atoms with Crippen molar-refractivity contribution in [1.82, 2.24) is 4.90 Å². The van der Waals surface area contributed by atoms with E-state index in [0.717, 1.165) is 37.5 Å². The van der Waals surface area contributed by atoms with Crippen LogP contribution < -0.4 is 9.47 Å². The van der Waals surface area contributed by atoms with Crippen LogP contribution in [0.4, 0.5) is 0 Å². The molecule has 0 saturated carbocycles. The number of ether oxygens (including phenoxy) is 2. The molecule has 1 aliphatic heterocycles. The smallest absolute Gasteiger partial charge is 0.122 e. The molecule has 0 spiro atoms. The zero-order valence-corrected chi connectivity index (χ0v) is 18.0. The number of aryl methyl sites for hydroxylation is 2. The van der Waals surface area contributed by atoms with Crippen LogP contribution >= 0.6 is 12.4 Å². The van der Waals surface area contributed by atoms with Gasteiger partial charge in [-0.15, -0.1) is 12.4 Å². The molecule has 0 aromatic heterocycles. The molecule has 0 amide bonds. The molecule has 0 radical (unpaired) electrons. The van der Waals surface area contributed by atoms with Gasteiger partial charge in [-0.05, 0) is 81.4 Å². The molecule has 2 aromatic rings. The van der Waals surface area contributed by atoms with Crippen LogP contribution in [-0.4, -0.2) is 38.8 Å². The topological polar surface area (TPSA) is 21.7 Å². The van der Waals surface area contributed by atoms with E-state index in [1.165, 1.54) is 43.4 Å². The SMILES string of the molecule is COc1cccc(CCCCc2ccccc2OC[C@H]2CCCN(C)C2)c1.Cl. The minimum atomic E-state index is 0. The van der Waals surface area contributed by atoms with Crippen molar-refractivity contribution in [3.8, 4) is 11.5 Å². The number of rotatable bonds is 9. The zero-order valence-electron chi connectivity index (χ0n) is 17.2. The lowest BCUT2D eigenvalue weighted by molar-refractivity contribution is 0.150. The summed E-state index contributed by atoms with van der Waals surface area (Å²) in [6.45, 7) is 3.22. The van der Waals surface area contributed by atoms with Crippen LogP contribution in [0.5, 0.6) is 11.5 Å². The number of halogens is 1. The van der Waals surface area contributed by atoms with Crippen molar-refractivity contribution in [2.75, 3.05) is 33.9 Å². The lowest BCUT2D eigenvalue weighted by Gasteiger charge is -2.29. The van der Waals surface area contributed by atoms with Gasteiger partial charge in [0.1, 0.15) is 11.5 Å². The van der Waals surface area contributed by atoms with Gasteiger partial charge in [-0.1, -0.05) is 30.3 Å². The summed E-state index contributed by atoms with van der Waals surface area (Å²) in [5.41, 5.74) is 2.69. The van der Waals surface area contributed by atoms with Crippen LogP contribution in [0.3, 0.4) is 0 Å². The van der Waals surface area contributed by atoms with Gasteiger partial charge in [0.2, 0.25) is 0 Å². The third-order valence-electron chi connectivity index (χ3n) is 5.46. The molecule has 1 saturated heterocycles. The lowest BCUT2D eigenvalue weighted by atomic mass is 9.99. The fourth-order valence-electron chi connectivity index (χ4n) is 3.94. The average molecular weight is 404 g/mol. The molecule has 2 aromatic carbocycles. The number of piperidine rings is 1. The largest absolute Gasteiger partial charge is 0.497 e. The Kier molecular flexibility index (Phi) is 9.66. The molecular weight excluding hydrogens is 370 g/mol. The van der Waals surface area contributed by atoms with Crippen molar-refractivity contribution in [3.05, 3.63) is 59.7 Å². The molecule has 154 valence electrons. The van der Waals surface area contributed by atoms with Crippen LogP contribution in [0, 0.1) is 5.92 Å². The highest BCUT2D eigenvalue weighted by Gasteiger charge is 2.18. The van der Waals surface area contributed by atoms with Gasteiger partial charge in [-0.25, -0.2) is 0 Å². The highest BCUT2D eigenvalue weighted by atomic mass is 35.5. The third-order valence-corrected chi connectivity index (χ3v) is 5.46. The van der Waals surface area contributed by atoms with Gasteiger partial charge < -0.3 is 14.4 Å². The lowest BCUT2D eigenvalue weighted by Crippen LogP contribution is -2.34. The maximum atomic E-state index is 6.23. The number of benzene rings is 2. The summed E-state index contributed by atoms with van der Waals surface area (Å²) >= 11 is 0. The van der Waals surface area contributed by atoms with Gasteiger partial charge in [-0.3, -0.25) is 0 Å². The van der Waals surface area contributed by atoms with Crippen molar-refractivity contribution in [2.24, 2.45) is 5.92 Å². The van der Waals surface area contributed by atoms with Crippen LogP contribution in [0.2, 0.25) is 0 Å². The molecule has 1 fully saturated rings. The first kappa shape index (κ1) is 22.6. The molecule has 0 bridgehead atoms. The quantitative estimate of drug-likeness (QED) is 0.523. The van der Waals surface area contributed by atoms with E-state index in [-0.39, 0.29) is 12.4 Å². The molecule has 0 unspecified atom stereocenters. The van der Waals surface area contributed by atoms with Gasteiger partial charge in [0, 0.05) is 12.5 Å². The summed E-state index contributed by atoms with van der Waals surface area (Å²) in [5, 5.41) is 0. The minimum absolute atomic E-state index is 0. The number of unbranched alkanes of at least 4 members (excludes halogenated alkanes) is 1. The zero-order chi connectivity index (χ0) is 18.9. The molecule has 3 nitrogen and oxygen atoms in total. The predicted molar refractivity (Wildman–Crippen MR) is 119 cm³/mol. The molecule has 0 N–H and O–H groups in total. The van der Waals surface area contributed by atoms with Gasteiger partial charge in [-0.2, -0.15) is 0 Å². The minimum Gasteiger partial charge on any atom is -0.497 e. The van der Waals surface area contributed by atoms with Gasteiger partial charge >= 0.3 is 0 Å². The first-order valence-corrected chi connectivity index (χ1v) is 10.3. The Hall–Kier alpha value is -1.71. The van der Waals surface area contributed by atoms with Crippen LogP contribution in [0.25, 0.3) is 0 Å². The maximum absolute atomic E-state index is 6.23. The Bertz CT molecular complexity index is 707. The second-order valence-corrected chi connectivity index (χ2v) is 7.75. The predicted octanol–water partition coefficient (Wildman–Crippen LogP) is 5.40. The Labute approximate surface area is 176 Å². The van der Waals surface area contributed by atoms with E-state index in [1.807, 2.05) is 6.07 Å². The summed E-state index contributed by atoms with van der Waals surface area (Å²) in [6.07, 6.45) is 7.08. The van der Waals surface area contributed by atoms with Crippen LogP contribution in [-0.2, 0) is 12.8 Å². The summed E-state index contributed by atoms with van der Waals surface area (Å²) in [7, 11) is 3.93. The molecule has 0 aliphatic carbocycles. The van der Waals surface area contributed by atoms with E-state index in [4.69, 9.17) is 9.47 Å². The second kappa shape index (κ2) is 12.0. The molecule has 1 atom stereocenters. The fourth-order valence-corrected chi connectivity index (χ4v) is 3.94. The molecule has 4 heteroatoms. The molecule has 1 aliphatic rings. The summed E-state index contributed by atoms with van der Waals surface area (Å²) < 4.78 is 11.5. The summed E-state index contributed by atoms with van der Waals surface area (Å²) in [5.74, 6) is 2.68. The van der Waals surface area contributed by atoms with Crippen molar-refractivity contribution >= 4 is 12.4 Å². The molecule has 28 heavy (non-hydrogen) atoms. The Morgan fingerprint density at radius 3 is 2.68 bits per heavy atom. The van der Waals surface area contributed by atoms with E-state index in [0.29, 0.717) is 5.92 Å². The Morgan fingerprint density at radius 1 is 1.04 bits per heavy atom. The van der Waals surface area contributed by atoms with Crippen LogP contribution in [0.1, 0.15) is 36.8 Å². The summed E-state index contributed by atoms with van der Waals surface area (Å²) in [6, 6.07) is 16.9. The maximum Gasteiger partial charge on any atom is 0.122 e. The van der Waals surface area contributed by atoms with Crippen LogP contribution in [0.15, 0.2) is 48.5 Å².